The van der Waals surface area contributed by atoms with Crippen LogP contribution < -0.4 is 10.1 Å². The van der Waals surface area contributed by atoms with Gasteiger partial charge in [-0.1, -0.05) is 23.4 Å². The number of carbonyl (C=O) groups is 1. The number of anilines is 1. The average Bonchev–Trinajstić information content (AvgIpc) is 3.04. The molecular formula is C17H19N3O4. The Hall–Kier alpha value is -2.54. The number of nitrogens with zero attached hydrogens (tertiary/aromatic N) is 2. The van der Waals surface area contributed by atoms with Crippen molar-refractivity contribution in [2.45, 2.75) is 25.0 Å². The third-order valence-electron chi connectivity index (χ3n) is 4.50. The highest BCUT2D eigenvalue weighted by molar-refractivity contribution is 5.88. The third-order valence-corrected chi connectivity index (χ3v) is 4.50. The van der Waals surface area contributed by atoms with Gasteiger partial charge in [-0.05, 0) is 6.07 Å². The Morgan fingerprint density at radius 2 is 2.04 bits per heavy atom. The number of benzene rings is 1. The Morgan fingerprint density at radius 3 is 2.83 bits per heavy atom. The number of hydrogen-bond acceptors (Lipinski definition) is 5. The van der Waals surface area contributed by atoms with E-state index in [1.54, 1.807) is 11.0 Å². The summed E-state index contributed by atoms with van der Waals surface area (Å²) in [6.07, 6.45) is 2.95. The molecule has 1 aromatic carbocycles. The Bertz CT molecular complexity index is 710. The van der Waals surface area contributed by atoms with Gasteiger partial charge in [0.25, 0.3) is 0 Å². The Kier molecular flexibility index (Phi) is 3.86. The topological polar surface area (TPSA) is 76.8 Å². The molecule has 24 heavy (non-hydrogen) atoms. The van der Waals surface area contributed by atoms with Crippen LogP contribution in [0.2, 0.25) is 0 Å². The molecule has 1 aromatic heterocycles. The molecule has 1 N–H and O–H groups in total. The molecule has 0 radical (unpaired) electrons. The highest BCUT2D eigenvalue weighted by atomic mass is 16.5. The molecule has 1 fully saturated rings. The minimum atomic E-state index is -0.411. The summed E-state index contributed by atoms with van der Waals surface area (Å²) < 4.78 is 16.6. The van der Waals surface area contributed by atoms with Gasteiger partial charge >= 0.3 is 6.03 Å². The fourth-order valence-electron chi connectivity index (χ4n) is 3.22. The molecule has 2 aliphatic rings. The van der Waals surface area contributed by atoms with Gasteiger partial charge in [-0.15, -0.1) is 0 Å². The van der Waals surface area contributed by atoms with Crippen molar-refractivity contribution in [3.8, 4) is 5.75 Å². The zero-order valence-corrected chi connectivity index (χ0v) is 13.2. The summed E-state index contributed by atoms with van der Waals surface area (Å²) in [4.78, 5) is 14.5. The van der Waals surface area contributed by atoms with Gasteiger partial charge in [-0.25, -0.2) is 4.79 Å². The summed E-state index contributed by atoms with van der Waals surface area (Å²) in [5.74, 6) is 1.25. The van der Waals surface area contributed by atoms with Gasteiger partial charge in [-0.2, -0.15) is 0 Å². The van der Waals surface area contributed by atoms with E-state index in [0.717, 1.165) is 24.2 Å². The van der Waals surface area contributed by atoms with E-state index in [0.29, 0.717) is 32.1 Å². The van der Waals surface area contributed by atoms with E-state index in [1.165, 1.54) is 6.26 Å². The molecule has 7 nitrogen and oxygen atoms in total. The molecule has 1 spiro atoms. The monoisotopic (exact) mass is 329 g/mol. The fraction of sp³-hybridized carbons (Fsp3) is 0.412. The second-order valence-corrected chi connectivity index (χ2v) is 6.18. The maximum absolute atomic E-state index is 12.7. The molecule has 0 aliphatic carbocycles. The maximum atomic E-state index is 12.7. The van der Waals surface area contributed by atoms with Gasteiger partial charge < -0.3 is 18.9 Å². The first-order valence-corrected chi connectivity index (χ1v) is 8.05. The van der Waals surface area contributed by atoms with Crippen LogP contribution >= 0.6 is 0 Å². The normalized spacial score (nSPS) is 19.2. The maximum Gasteiger partial charge on any atom is 0.323 e. The summed E-state index contributed by atoms with van der Waals surface area (Å²) in [6, 6.07) is 9.27. The van der Waals surface area contributed by atoms with Gasteiger partial charge in [0, 0.05) is 24.5 Å². The van der Waals surface area contributed by atoms with Crippen LogP contribution in [0.3, 0.4) is 0 Å². The average molecular weight is 329 g/mol. The highest BCUT2D eigenvalue weighted by Gasteiger charge is 2.40. The summed E-state index contributed by atoms with van der Waals surface area (Å²) in [7, 11) is 0. The lowest BCUT2D eigenvalue weighted by molar-refractivity contribution is -0.0529. The van der Waals surface area contributed by atoms with E-state index in [1.807, 2.05) is 24.3 Å². The number of fused-ring (bicyclic) bond motifs is 1. The largest absolute Gasteiger partial charge is 0.485 e. The fourth-order valence-corrected chi connectivity index (χ4v) is 3.22. The number of hydrogen-bond donors (Lipinski definition) is 1. The van der Waals surface area contributed by atoms with E-state index >= 15 is 0 Å². The van der Waals surface area contributed by atoms with Crippen LogP contribution in [-0.4, -0.2) is 41.4 Å². The second kappa shape index (κ2) is 6.16. The summed E-state index contributed by atoms with van der Waals surface area (Å²) >= 11 is 0. The molecule has 2 aliphatic heterocycles. The van der Waals surface area contributed by atoms with Crippen LogP contribution in [0.4, 0.5) is 10.6 Å². The zero-order chi connectivity index (χ0) is 16.4. The number of urea groups is 1. The van der Waals surface area contributed by atoms with E-state index in [4.69, 9.17) is 14.0 Å². The van der Waals surface area contributed by atoms with Crippen LogP contribution in [-0.2, 0) is 11.3 Å². The van der Waals surface area contributed by atoms with Crippen LogP contribution in [0.1, 0.15) is 18.4 Å². The molecule has 2 aromatic rings. The number of carbonyl (C=O) groups excluding carboxylic acids is 1. The zero-order valence-electron chi connectivity index (χ0n) is 13.2. The van der Waals surface area contributed by atoms with Crippen LogP contribution in [0, 0.1) is 0 Å². The Balaban J connectivity index is 1.62. The first-order chi connectivity index (χ1) is 11.7. The number of para-hydroxylation sites is 1. The van der Waals surface area contributed by atoms with Gasteiger partial charge in [0.2, 0.25) is 0 Å². The number of rotatable bonds is 1. The van der Waals surface area contributed by atoms with Gasteiger partial charge in [-0.3, -0.25) is 5.32 Å². The standard InChI is InChI=1S/C17H19N3O4/c21-16(18-15-5-8-23-19-15)20-11-13-3-1-2-4-14(13)24-17(12-20)6-9-22-10-7-17/h1-5,8H,6-7,9-12H2,(H,18,19,21). The van der Waals surface area contributed by atoms with Crippen LogP contribution in [0.15, 0.2) is 41.1 Å². The summed E-state index contributed by atoms with van der Waals surface area (Å²) in [6.45, 7) is 2.28. The SMILES string of the molecule is O=C(Nc1ccon1)N1Cc2ccccc2OC2(CCOCC2)C1. The lowest BCUT2D eigenvalue weighted by atomic mass is 9.93. The molecular weight excluding hydrogens is 310 g/mol. The van der Waals surface area contributed by atoms with Crippen molar-refractivity contribution in [3.63, 3.8) is 0 Å². The van der Waals surface area contributed by atoms with Crippen LogP contribution in [0.5, 0.6) is 5.75 Å². The first-order valence-electron chi connectivity index (χ1n) is 8.05. The molecule has 1 saturated heterocycles. The smallest absolute Gasteiger partial charge is 0.323 e. The number of ether oxygens (including phenoxy) is 2. The van der Waals surface area contributed by atoms with Crippen molar-refractivity contribution in [1.82, 2.24) is 10.1 Å². The lowest BCUT2D eigenvalue weighted by Crippen LogP contribution is -2.51. The first kappa shape index (κ1) is 15.0. The minimum Gasteiger partial charge on any atom is -0.485 e. The quantitative estimate of drug-likeness (QED) is 0.870. The molecule has 0 saturated carbocycles. The molecule has 4 rings (SSSR count). The number of amides is 2. The van der Waals surface area contributed by atoms with Crippen molar-refractivity contribution >= 4 is 11.8 Å². The number of aromatic nitrogens is 1. The van der Waals surface area contributed by atoms with E-state index in [2.05, 4.69) is 10.5 Å². The predicted molar refractivity (Wildman–Crippen MR) is 85.8 cm³/mol. The summed E-state index contributed by atoms with van der Waals surface area (Å²) in [5, 5.41) is 6.51. The van der Waals surface area contributed by atoms with E-state index in [-0.39, 0.29) is 6.03 Å². The van der Waals surface area contributed by atoms with Crippen molar-refractivity contribution in [2.75, 3.05) is 25.1 Å². The van der Waals surface area contributed by atoms with Gasteiger partial charge in [0.05, 0.1) is 26.3 Å². The highest BCUT2D eigenvalue weighted by Crippen LogP contribution is 2.35. The van der Waals surface area contributed by atoms with Crippen molar-refractivity contribution < 1.29 is 18.8 Å². The van der Waals surface area contributed by atoms with Gasteiger partial charge in [0.15, 0.2) is 5.82 Å². The second-order valence-electron chi connectivity index (χ2n) is 6.18. The molecule has 126 valence electrons. The predicted octanol–water partition coefficient (Wildman–Crippen LogP) is 2.65. The molecule has 0 unspecified atom stereocenters. The molecule has 7 heteroatoms. The molecule has 3 heterocycles. The molecule has 0 bridgehead atoms. The molecule has 0 atom stereocenters. The van der Waals surface area contributed by atoms with Crippen LogP contribution in [0.25, 0.3) is 0 Å². The third kappa shape index (κ3) is 2.94. The Labute approximate surface area is 139 Å². The summed E-state index contributed by atoms with van der Waals surface area (Å²) in [5.41, 5.74) is 0.586. The molecule has 2 amide bonds. The van der Waals surface area contributed by atoms with E-state index in [9.17, 15) is 4.79 Å². The van der Waals surface area contributed by atoms with Gasteiger partial charge in [0.1, 0.15) is 17.6 Å². The van der Waals surface area contributed by atoms with Crippen molar-refractivity contribution in [2.24, 2.45) is 0 Å². The van der Waals surface area contributed by atoms with Crippen molar-refractivity contribution in [3.05, 3.63) is 42.2 Å². The van der Waals surface area contributed by atoms with E-state index < -0.39 is 5.60 Å². The number of nitrogens with one attached hydrogen (secondary N) is 1. The lowest BCUT2D eigenvalue weighted by Gasteiger charge is -2.38. The van der Waals surface area contributed by atoms with Crippen molar-refractivity contribution in [1.29, 1.82) is 0 Å². The Morgan fingerprint density at radius 1 is 1.21 bits per heavy atom. The minimum absolute atomic E-state index is 0.213.